The number of sulfonamides is 1. The molecular weight excluding hydrogens is 551 g/mol. The molecule has 0 saturated carbocycles. The number of amides is 1. The van der Waals surface area contributed by atoms with E-state index in [-0.39, 0.29) is 36.3 Å². The largest absolute Gasteiger partial charge is 0.483 e. The molecule has 1 amide bonds. The second-order valence-electron chi connectivity index (χ2n) is 11.0. The first kappa shape index (κ1) is 33.0. The van der Waals surface area contributed by atoms with Gasteiger partial charge in [0.2, 0.25) is 10.0 Å². The molecule has 0 spiro atoms. The molecule has 0 saturated heterocycles. The predicted octanol–water partition coefficient (Wildman–Crippen LogP) is 3.35. The Balaban J connectivity index is 1.82. The van der Waals surface area contributed by atoms with Crippen molar-refractivity contribution in [2.24, 2.45) is 5.92 Å². The van der Waals surface area contributed by atoms with Gasteiger partial charge in [-0.3, -0.25) is 9.59 Å². The second kappa shape index (κ2) is 15.1. The van der Waals surface area contributed by atoms with Gasteiger partial charge in [0.15, 0.2) is 12.4 Å². The van der Waals surface area contributed by atoms with Crippen molar-refractivity contribution in [2.75, 3.05) is 19.7 Å². The monoisotopic (exact) mass is 592 g/mol. The van der Waals surface area contributed by atoms with Crippen molar-refractivity contribution in [3.8, 4) is 5.75 Å². The second-order valence-corrected chi connectivity index (χ2v) is 12.9. The van der Waals surface area contributed by atoms with Crippen molar-refractivity contribution < 1.29 is 27.9 Å². The van der Waals surface area contributed by atoms with E-state index in [2.05, 4.69) is 5.32 Å². The smallest absolute Gasteiger partial charge is 0.258 e. The fourth-order valence-electron chi connectivity index (χ4n) is 4.74. The molecule has 0 aliphatic heterocycles. The van der Waals surface area contributed by atoms with Crippen molar-refractivity contribution in [3.05, 3.63) is 95.1 Å². The van der Waals surface area contributed by atoms with Crippen LogP contribution in [0.15, 0.2) is 77.7 Å². The van der Waals surface area contributed by atoms with Crippen LogP contribution in [-0.4, -0.2) is 69.2 Å². The van der Waals surface area contributed by atoms with Gasteiger partial charge in [0.25, 0.3) is 5.91 Å². The maximum absolute atomic E-state index is 13.7. The highest BCUT2D eigenvalue weighted by Gasteiger charge is 2.31. The van der Waals surface area contributed by atoms with Gasteiger partial charge in [0.05, 0.1) is 17.0 Å². The topological polar surface area (TPSA) is 113 Å². The van der Waals surface area contributed by atoms with Gasteiger partial charge in [0, 0.05) is 18.7 Å². The number of aliphatic hydroxyl groups is 1. The zero-order valence-electron chi connectivity index (χ0n) is 25.0. The molecule has 0 bridgehead atoms. The Hall–Kier alpha value is -3.47. The molecule has 0 radical (unpaired) electrons. The summed E-state index contributed by atoms with van der Waals surface area (Å²) in [6, 6.07) is 20.2. The Morgan fingerprint density at radius 2 is 1.55 bits per heavy atom. The van der Waals surface area contributed by atoms with Gasteiger partial charge in [-0.05, 0) is 61.3 Å². The van der Waals surface area contributed by atoms with Crippen molar-refractivity contribution in [1.82, 2.24) is 9.62 Å². The number of hydrogen-bond acceptors (Lipinski definition) is 6. The average Bonchev–Trinajstić information content (AvgIpc) is 2.96. The molecule has 3 aromatic rings. The van der Waals surface area contributed by atoms with Gasteiger partial charge >= 0.3 is 0 Å². The number of nitrogens with one attached hydrogen (secondary N) is 1. The third-order valence-corrected chi connectivity index (χ3v) is 8.81. The highest BCUT2D eigenvalue weighted by molar-refractivity contribution is 7.89. The molecule has 0 fully saturated rings. The fourth-order valence-corrected chi connectivity index (χ4v) is 6.37. The number of ether oxygens (including phenoxy) is 1. The predicted molar refractivity (Wildman–Crippen MR) is 167 cm³/mol. The van der Waals surface area contributed by atoms with E-state index < -0.39 is 28.1 Å². The van der Waals surface area contributed by atoms with Crippen molar-refractivity contribution in [1.29, 1.82) is 0 Å². The van der Waals surface area contributed by atoms with E-state index >= 15 is 0 Å². The molecule has 2 N–H and O–H groups in total. The van der Waals surface area contributed by atoms with E-state index in [4.69, 9.17) is 4.74 Å². The highest BCUT2D eigenvalue weighted by Crippen LogP contribution is 2.23. The molecule has 8 nitrogen and oxygen atoms in total. The van der Waals surface area contributed by atoms with E-state index in [0.717, 1.165) is 16.7 Å². The number of nitrogens with zero attached hydrogens (tertiary/aromatic N) is 1. The number of hydrogen-bond donors (Lipinski definition) is 2. The van der Waals surface area contributed by atoms with Gasteiger partial charge in [0.1, 0.15) is 13.6 Å². The molecule has 224 valence electrons. The first-order valence-corrected chi connectivity index (χ1v) is 15.7. The van der Waals surface area contributed by atoms with Crippen LogP contribution in [0.25, 0.3) is 0 Å². The van der Waals surface area contributed by atoms with Crippen molar-refractivity contribution in [3.63, 3.8) is 0 Å². The molecule has 2 atom stereocenters. The molecule has 0 aliphatic rings. The molecule has 0 heterocycles. The standard InChI is InChI=1S/C32H41BN2O6S/c1-22(2)19-35(42(39,40)27-15-13-26(14-16-27)29(36)18-33)20-30(37)28(17-25-11-6-5-7-12-25)34-31(38)21-41-32-23(3)9-8-10-24(32)4/h5-16,22,28,30,37H,17-21,33H2,1-4H3,(H,34,38)/t28-,30+/m0/s1. The van der Waals surface area contributed by atoms with Crippen molar-refractivity contribution in [2.45, 2.75) is 57.5 Å². The Morgan fingerprint density at radius 1 is 0.929 bits per heavy atom. The van der Waals surface area contributed by atoms with Crippen LogP contribution in [0, 0.1) is 19.8 Å². The molecule has 0 unspecified atom stereocenters. The van der Waals surface area contributed by atoms with Gasteiger partial charge < -0.3 is 15.2 Å². The summed E-state index contributed by atoms with van der Waals surface area (Å²) in [5.74, 6) is 0.107. The Labute approximate surface area is 250 Å². The average molecular weight is 593 g/mol. The van der Waals surface area contributed by atoms with E-state index in [1.54, 1.807) is 7.85 Å². The van der Waals surface area contributed by atoms with Crippen LogP contribution in [0.4, 0.5) is 0 Å². The minimum Gasteiger partial charge on any atom is -0.483 e. The summed E-state index contributed by atoms with van der Waals surface area (Å²) in [7, 11) is -2.26. The Kier molecular flexibility index (Phi) is 11.9. The van der Waals surface area contributed by atoms with Gasteiger partial charge in [-0.25, -0.2) is 8.42 Å². The van der Waals surface area contributed by atoms with Crippen molar-refractivity contribution >= 4 is 29.6 Å². The lowest BCUT2D eigenvalue weighted by atomic mass is 9.96. The van der Waals surface area contributed by atoms with Gasteiger partial charge in [-0.2, -0.15) is 4.31 Å². The molecule has 10 heteroatoms. The quantitative estimate of drug-likeness (QED) is 0.207. The summed E-state index contributed by atoms with van der Waals surface area (Å²) >= 11 is 0. The van der Waals surface area contributed by atoms with Crippen LogP contribution in [0.1, 0.15) is 40.9 Å². The zero-order valence-corrected chi connectivity index (χ0v) is 25.9. The molecule has 0 aromatic heterocycles. The van der Waals surface area contributed by atoms with Gasteiger partial charge in [-0.15, -0.1) is 0 Å². The van der Waals surface area contributed by atoms with E-state index in [9.17, 15) is 23.1 Å². The number of aliphatic hydroxyl groups excluding tert-OH is 1. The summed E-state index contributed by atoms with van der Waals surface area (Å²) in [5, 5.41) is 14.3. The lowest BCUT2D eigenvalue weighted by molar-refractivity contribution is -0.124. The number of para-hydroxylation sites is 1. The lowest BCUT2D eigenvalue weighted by Crippen LogP contribution is -2.52. The number of ketones is 1. The zero-order chi connectivity index (χ0) is 30.9. The van der Waals surface area contributed by atoms with Crippen LogP contribution in [0.5, 0.6) is 5.75 Å². The van der Waals surface area contributed by atoms with Crippen LogP contribution in [0.3, 0.4) is 0 Å². The maximum atomic E-state index is 13.7. The van der Waals surface area contributed by atoms with E-state index in [1.165, 1.54) is 28.6 Å². The SMILES string of the molecule is BCC(=O)c1ccc(S(=O)(=O)N(CC(C)C)C[C@@H](O)[C@H](Cc2ccccc2)NC(=O)COc2c(C)cccc2C)cc1. The normalized spacial score (nSPS) is 13.1. The molecular formula is C32H41BN2O6S. The highest BCUT2D eigenvalue weighted by atomic mass is 32.2. The van der Waals surface area contributed by atoms with E-state index in [1.807, 2.05) is 76.2 Å². The van der Waals surface area contributed by atoms with Crippen LogP contribution in [0.2, 0.25) is 6.32 Å². The molecule has 0 aliphatic carbocycles. The van der Waals surface area contributed by atoms with Gasteiger partial charge in [-0.1, -0.05) is 74.5 Å². The number of rotatable bonds is 15. The molecule has 42 heavy (non-hydrogen) atoms. The number of carbonyl (C=O) groups excluding carboxylic acids is 2. The number of carbonyl (C=O) groups is 2. The first-order chi connectivity index (χ1) is 19.9. The Bertz CT molecular complexity index is 1430. The summed E-state index contributed by atoms with van der Waals surface area (Å²) < 4.78 is 34.5. The minimum atomic E-state index is -4.01. The molecule has 3 aromatic carbocycles. The third kappa shape index (κ3) is 9.02. The summed E-state index contributed by atoms with van der Waals surface area (Å²) in [4.78, 5) is 25.1. The Morgan fingerprint density at radius 3 is 2.12 bits per heavy atom. The van der Waals surface area contributed by atoms with E-state index in [0.29, 0.717) is 24.1 Å². The number of Topliss-reactive ketones (excluding diaryl/α,β-unsaturated/α-hetero) is 1. The number of benzene rings is 3. The molecule has 3 rings (SSSR count). The van der Waals surface area contributed by atoms with Crippen LogP contribution in [-0.2, 0) is 21.2 Å². The number of aryl methyl sites for hydroxylation is 2. The fraction of sp³-hybridized carbons (Fsp3) is 0.375. The summed E-state index contributed by atoms with van der Waals surface area (Å²) in [6.07, 6.45) is -0.605. The third-order valence-electron chi connectivity index (χ3n) is 6.96. The first-order valence-electron chi connectivity index (χ1n) is 14.3. The summed E-state index contributed by atoms with van der Waals surface area (Å²) in [5.41, 5.74) is 3.14. The van der Waals surface area contributed by atoms with Crippen LogP contribution >= 0.6 is 0 Å². The lowest BCUT2D eigenvalue weighted by Gasteiger charge is -2.31. The summed E-state index contributed by atoms with van der Waals surface area (Å²) in [6.45, 7) is 7.28. The minimum absolute atomic E-state index is 0.0270. The maximum Gasteiger partial charge on any atom is 0.258 e. The van der Waals surface area contributed by atoms with Crippen LogP contribution < -0.4 is 10.1 Å².